The predicted octanol–water partition coefficient (Wildman–Crippen LogP) is 1.25. The van der Waals surface area contributed by atoms with Crippen LogP contribution in [0, 0.1) is 13.8 Å². The first-order valence-electron chi connectivity index (χ1n) is 6.99. The second-order valence-electron chi connectivity index (χ2n) is 5.38. The lowest BCUT2D eigenvalue weighted by Gasteiger charge is -2.12. The van der Waals surface area contributed by atoms with E-state index in [2.05, 4.69) is 5.32 Å². The van der Waals surface area contributed by atoms with Crippen LogP contribution in [0.3, 0.4) is 0 Å². The Hall–Kier alpha value is -2.83. The molecule has 2 rings (SSSR count). The third-order valence-electron chi connectivity index (χ3n) is 3.76. The molecule has 0 spiro atoms. The predicted molar refractivity (Wildman–Crippen MR) is 82.6 cm³/mol. The van der Waals surface area contributed by atoms with E-state index >= 15 is 0 Å². The van der Waals surface area contributed by atoms with E-state index in [9.17, 15) is 19.5 Å². The van der Waals surface area contributed by atoms with Crippen molar-refractivity contribution in [1.82, 2.24) is 5.32 Å². The van der Waals surface area contributed by atoms with Crippen molar-refractivity contribution >= 4 is 22.8 Å². The summed E-state index contributed by atoms with van der Waals surface area (Å²) in [6.07, 6.45) is -0.276. The molecule has 1 aromatic heterocycles. The second-order valence-corrected chi connectivity index (χ2v) is 5.38. The number of aryl methyl sites for hydroxylation is 2. The third-order valence-corrected chi connectivity index (χ3v) is 3.76. The van der Waals surface area contributed by atoms with Gasteiger partial charge in [-0.25, -0.2) is 4.79 Å². The number of hydrogen-bond donors (Lipinski definition) is 3. The number of carboxylic acids is 1. The van der Waals surface area contributed by atoms with Crippen molar-refractivity contribution in [3.05, 3.63) is 39.2 Å². The molecule has 1 atom stereocenters. The van der Waals surface area contributed by atoms with Crippen LogP contribution in [0.2, 0.25) is 0 Å². The number of carbonyl (C=O) groups is 2. The van der Waals surface area contributed by atoms with Crippen molar-refractivity contribution in [3.8, 4) is 5.75 Å². The maximum absolute atomic E-state index is 12.1. The zero-order valence-electron chi connectivity index (χ0n) is 13.0. The highest BCUT2D eigenvalue weighted by atomic mass is 16.4. The zero-order chi connectivity index (χ0) is 17.3. The van der Waals surface area contributed by atoms with Gasteiger partial charge in [-0.05, 0) is 38.5 Å². The summed E-state index contributed by atoms with van der Waals surface area (Å²) in [4.78, 5) is 34.8. The fourth-order valence-corrected chi connectivity index (χ4v) is 2.30. The van der Waals surface area contributed by atoms with Crippen molar-refractivity contribution in [2.75, 3.05) is 0 Å². The lowest BCUT2D eigenvalue weighted by molar-refractivity contribution is -0.141. The number of rotatable bonds is 4. The Morgan fingerprint density at radius 3 is 2.52 bits per heavy atom. The van der Waals surface area contributed by atoms with Gasteiger partial charge in [-0.15, -0.1) is 0 Å². The average molecular weight is 319 g/mol. The summed E-state index contributed by atoms with van der Waals surface area (Å²) in [6.45, 7) is 4.64. The molecule has 0 aliphatic carbocycles. The molecule has 0 aliphatic heterocycles. The van der Waals surface area contributed by atoms with Gasteiger partial charge in [0.25, 0.3) is 0 Å². The Kier molecular flexibility index (Phi) is 4.40. The van der Waals surface area contributed by atoms with Gasteiger partial charge in [0.15, 0.2) is 0 Å². The van der Waals surface area contributed by atoms with Crippen molar-refractivity contribution < 1.29 is 24.2 Å². The first kappa shape index (κ1) is 16.5. The third kappa shape index (κ3) is 3.18. The number of phenols is 1. The average Bonchev–Trinajstić information content (AvgIpc) is 2.47. The highest BCUT2D eigenvalue weighted by molar-refractivity contribution is 5.88. The largest absolute Gasteiger partial charge is 0.508 e. The summed E-state index contributed by atoms with van der Waals surface area (Å²) >= 11 is 0. The van der Waals surface area contributed by atoms with E-state index in [0.29, 0.717) is 16.5 Å². The van der Waals surface area contributed by atoms with Crippen LogP contribution >= 0.6 is 0 Å². The molecule has 2 aromatic rings. The fraction of sp³-hybridized carbons (Fsp3) is 0.312. The second kappa shape index (κ2) is 6.12. The lowest BCUT2D eigenvalue weighted by atomic mass is 10.0. The summed E-state index contributed by atoms with van der Waals surface area (Å²) in [7, 11) is 0. The summed E-state index contributed by atoms with van der Waals surface area (Å²) in [5.74, 6) is -1.72. The number of benzene rings is 1. The molecule has 0 saturated carbocycles. The number of aliphatic carboxylic acids is 1. The van der Waals surface area contributed by atoms with Gasteiger partial charge in [0.2, 0.25) is 5.91 Å². The van der Waals surface area contributed by atoms with Crippen molar-refractivity contribution in [1.29, 1.82) is 0 Å². The molecule has 0 unspecified atom stereocenters. The molecule has 0 bridgehead atoms. The first-order valence-corrected chi connectivity index (χ1v) is 6.99. The maximum atomic E-state index is 12.1. The van der Waals surface area contributed by atoms with E-state index in [1.165, 1.54) is 13.0 Å². The van der Waals surface area contributed by atoms with Gasteiger partial charge in [0, 0.05) is 10.9 Å². The Balaban J connectivity index is 2.43. The van der Waals surface area contributed by atoms with Gasteiger partial charge < -0.3 is 19.9 Å². The highest BCUT2D eigenvalue weighted by Crippen LogP contribution is 2.28. The van der Waals surface area contributed by atoms with Gasteiger partial charge >= 0.3 is 11.6 Å². The molecule has 0 saturated heterocycles. The van der Waals surface area contributed by atoms with Crippen LogP contribution in [-0.2, 0) is 16.0 Å². The SMILES string of the molecule is Cc1c(CC(=O)N[C@@H](C)C(=O)O)c(=O)oc2c(C)c(O)ccc12. The number of amides is 1. The smallest absolute Gasteiger partial charge is 0.340 e. The minimum Gasteiger partial charge on any atom is -0.508 e. The maximum Gasteiger partial charge on any atom is 0.340 e. The zero-order valence-corrected chi connectivity index (χ0v) is 13.0. The first-order chi connectivity index (χ1) is 10.7. The summed E-state index contributed by atoms with van der Waals surface area (Å²) in [6, 6.07) is 2.05. The molecule has 1 aromatic carbocycles. The molecule has 1 heterocycles. The fourth-order valence-electron chi connectivity index (χ4n) is 2.30. The number of carbonyl (C=O) groups excluding carboxylic acids is 1. The van der Waals surface area contributed by atoms with E-state index < -0.39 is 23.5 Å². The standard InChI is InChI=1S/C16H17NO6/c1-7-10-4-5-12(18)8(2)14(10)23-16(22)11(7)6-13(19)17-9(3)15(20)21/h4-5,9,18H,6H2,1-3H3,(H,17,19)(H,20,21)/t9-/m0/s1. The molecule has 23 heavy (non-hydrogen) atoms. The van der Waals surface area contributed by atoms with Crippen LogP contribution < -0.4 is 10.9 Å². The van der Waals surface area contributed by atoms with E-state index in [1.807, 2.05) is 0 Å². The van der Waals surface area contributed by atoms with Crippen LogP contribution in [0.1, 0.15) is 23.6 Å². The normalized spacial score (nSPS) is 12.1. The van der Waals surface area contributed by atoms with Crippen molar-refractivity contribution in [2.45, 2.75) is 33.2 Å². The number of phenolic OH excluding ortho intramolecular Hbond substituents is 1. The van der Waals surface area contributed by atoms with E-state index in [1.54, 1.807) is 19.9 Å². The number of nitrogens with one attached hydrogen (secondary N) is 1. The number of carboxylic acid groups (broad SMARTS) is 1. The summed E-state index contributed by atoms with van der Waals surface area (Å²) < 4.78 is 5.23. The Bertz CT molecular complexity index is 852. The monoisotopic (exact) mass is 319 g/mol. The van der Waals surface area contributed by atoms with Crippen molar-refractivity contribution in [3.63, 3.8) is 0 Å². The van der Waals surface area contributed by atoms with Crippen LogP contribution in [0.5, 0.6) is 5.75 Å². The van der Waals surface area contributed by atoms with Crippen molar-refractivity contribution in [2.24, 2.45) is 0 Å². The van der Waals surface area contributed by atoms with Gasteiger partial charge in [0.05, 0.1) is 12.0 Å². The van der Waals surface area contributed by atoms with Gasteiger partial charge in [-0.3, -0.25) is 9.59 Å². The highest BCUT2D eigenvalue weighted by Gasteiger charge is 2.19. The number of fused-ring (bicyclic) bond motifs is 1. The molecule has 3 N–H and O–H groups in total. The Morgan fingerprint density at radius 1 is 1.26 bits per heavy atom. The molecule has 7 heteroatoms. The molecule has 0 radical (unpaired) electrons. The summed E-state index contributed by atoms with van der Waals surface area (Å²) in [5.41, 5.74) is 0.769. The molecule has 7 nitrogen and oxygen atoms in total. The van der Waals surface area contributed by atoms with E-state index in [0.717, 1.165) is 0 Å². The van der Waals surface area contributed by atoms with E-state index in [-0.39, 0.29) is 23.3 Å². The van der Waals surface area contributed by atoms with E-state index in [4.69, 9.17) is 9.52 Å². The van der Waals surface area contributed by atoms with Gasteiger partial charge in [-0.1, -0.05) is 0 Å². The van der Waals surface area contributed by atoms with Gasteiger partial charge in [0.1, 0.15) is 17.4 Å². The van der Waals surface area contributed by atoms with Gasteiger partial charge in [-0.2, -0.15) is 0 Å². The Morgan fingerprint density at radius 2 is 1.91 bits per heavy atom. The van der Waals surface area contributed by atoms with Crippen LogP contribution in [0.25, 0.3) is 11.0 Å². The topological polar surface area (TPSA) is 117 Å². The Labute approximate surface area is 131 Å². The molecule has 122 valence electrons. The minimum atomic E-state index is -1.16. The summed E-state index contributed by atoms with van der Waals surface area (Å²) in [5, 5.41) is 21.4. The van der Waals surface area contributed by atoms with Crippen LogP contribution in [0.15, 0.2) is 21.3 Å². The minimum absolute atomic E-state index is 0.0147. The molecular formula is C16H17NO6. The number of aromatic hydroxyl groups is 1. The number of hydrogen-bond acceptors (Lipinski definition) is 5. The molecule has 0 fully saturated rings. The molecular weight excluding hydrogens is 302 g/mol. The van der Waals surface area contributed by atoms with Crippen LogP contribution in [0.4, 0.5) is 0 Å². The van der Waals surface area contributed by atoms with Crippen LogP contribution in [-0.4, -0.2) is 28.1 Å². The molecule has 0 aliphatic rings. The molecule has 1 amide bonds. The lowest BCUT2D eigenvalue weighted by Crippen LogP contribution is -2.39. The quantitative estimate of drug-likeness (QED) is 0.730.